The van der Waals surface area contributed by atoms with Gasteiger partial charge in [0.1, 0.15) is 11.3 Å². The minimum absolute atomic E-state index is 0.0106. The van der Waals surface area contributed by atoms with Crippen LogP contribution in [0.4, 0.5) is 40.1 Å². The van der Waals surface area contributed by atoms with Crippen LogP contribution in [0, 0.1) is 11.8 Å². The highest BCUT2D eigenvalue weighted by atomic mass is 19.4. The number of nitrogens with two attached hydrogens (primary N) is 1. The number of nitrogens with one attached hydrogen (secondary N) is 2. The number of benzene rings is 2. The topological polar surface area (TPSA) is 144 Å². The van der Waals surface area contributed by atoms with E-state index in [2.05, 4.69) is 32.4 Å². The third kappa shape index (κ3) is 7.52. The number of hydrogen-bond donors (Lipinski definition) is 3. The first-order valence-corrected chi connectivity index (χ1v) is 14.3. The van der Waals surface area contributed by atoms with Crippen molar-refractivity contribution >= 4 is 35.4 Å². The molecule has 1 aliphatic heterocycles. The monoisotopic (exact) mass is 645 g/mol. The Kier molecular flexibility index (Phi) is 8.66. The van der Waals surface area contributed by atoms with Gasteiger partial charge < -0.3 is 25.7 Å². The maximum absolute atomic E-state index is 13.3. The molecule has 2 aromatic heterocycles. The molecule has 1 aliphatic rings. The van der Waals surface area contributed by atoms with Crippen LogP contribution >= 0.6 is 0 Å². The summed E-state index contributed by atoms with van der Waals surface area (Å²) in [5.74, 6) is 5.60. The van der Waals surface area contributed by atoms with Crippen LogP contribution in [-0.4, -0.2) is 49.6 Å². The highest BCUT2D eigenvalue weighted by Crippen LogP contribution is 2.31. The number of nitrogen functional groups attached to an aromatic ring is 1. The lowest BCUT2D eigenvalue weighted by molar-refractivity contribution is -0.137. The lowest BCUT2D eigenvalue weighted by Gasteiger charge is -2.28. The summed E-state index contributed by atoms with van der Waals surface area (Å²) in [4.78, 5) is 47.9. The average Bonchev–Trinajstić information content (AvgIpc) is 3.33. The summed E-state index contributed by atoms with van der Waals surface area (Å²) in [5, 5.41) is 5.09. The first kappa shape index (κ1) is 32.6. The molecule has 14 heteroatoms. The Morgan fingerprint density at radius 2 is 1.60 bits per heavy atom. The fraction of sp³-hybridized carbons (Fsp3) is 0.242. The summed E-state index contributed by atoms with van der Waals surface area (Å²) >= 11 is 0. The zero-order valence-electron chi connectivity index (χ0n) is 25.8. The fourth-order valence-corrected chi connectivity index (χ4v) is 4.81. The van der Waals surface area contributed by atoms with E-state index in [1.54, 1.807) is 58.2 Å². The van der Waals surface area contributed by atoms with E-state index >= 15 is 0 Å². The molecular weight excluding hydrogens is 615 g/mol. The van der Waals surface area contributed by atoms with Gasteiger partial charge in [-0.3, -0.25) is 4.79 Å². The van der Waals surface area contributed by atoms with Gasteiger partial charge in [-0.25, -0.2) is 24.5 Å². The number of carbonyl (C=O) groups excluding carboxylic acids is 3. The molecule has 2 aromatic carbocycles. The van der Waals surface area contributed by atoms with Crippen LogP contribution in [-0.2, 0) is 24.4 Å². The lowest BCUT2D eigenvalue weighted by atomic mass is 10.1. The van der Waals surface area contributed by atoms with E-state index in [-0.39, 0.29) is 18.2 Å². The Morgan fingerprint density at radius 3 is 2.19 bits per heavy atom. The number of halogens is 3. The second-order valence-corrected chi connectivity index (χ2v) is 11.6. The minimum atomic E-state index is -4.47. The molecule has 3 heterocycles. The number of carbonyl (C=O) groups is 3. The number of aromatic nitrogens is 3. The zero-order valence-corrected chi connectivity index (χ0v) is 25.8. The first-order valence-electron chi connectivity index (χ1n) is 14.3. The number of amides is 4. The van der Waals surface area contributed by atoms with Gasteiger partial charge in [0, 0.05) is 48.8 Å². The molecule has 0 unspecified atom stereocenters. The second kappa shape index (κ2) is 12.5. The third-order valence-corrected chi connectivity index (χ3v) is 7.02. The molecule has 47 heavy (non-hydrogen) atoms. The van der Waals surface area contributed by atoms with Gasteiger partial charge in [-0.05, 0) is 75.4 Å². The number of fused-ring (bicyclic) bond motifs is 1. The first-order chi connectivity index (χ1) is 22.1. The summed E-state index contributed by atoms with van der Waals surface area (Å²) in [6.07, 6.45) is -3.28. The summed E-state index contributed by atoms with van der Waals surface area (Å²) in [7, 11) is 1.79. The molecule has 4 aromatic rings. The van der Waals surface area contributed by atoms with E-state index in [1.165, 1.54) is 6.20 Å². The Bertz CT molecular complexity index is 1920. The zero-order chi connectivity index (χ0) is 34.1. The molecule has 0 spiro atoms. The van der Waals surface area contributed by atoms with Crippen molar-refractivity contribution in [1.29, 1.82) is 0 Å². The van der Waals surface area contributed by atoms with Gasteiger partial charge in [-0.15, -0.1) is 0 Å². The second-order valence-electron chi connectivity index (χ2n) is 11.6. The maximum Gasteiger partial charge on any atom is 0.417 e. The van der Waals surface area contributed by atoms with Crippen LogP contribution in [0.5, 0.6) is 0 Å². The molecule has 0 radical (unpaired) electrons. The van der Waals surface area contributed by atoms with Crippen molar-refractivity contribution in [3.63, 3.8) is 0 Å². The van der Waals surface area contributed by atoms with Gasteiger partial charge >= 0.3 is 18.3 Å². The molecule has 4 N–H and O–H groups in total. The predicted octanol–water partition coefficient (Wildman–Crippen LogP) is 6.06. The van der Waals surface area contributed by atoms with E-state index < -0.39 is 35.4 Å². The molecule has 0 bridgehead atoms. The van der Waals surface area contributed by atoms with E-state index in [0.29, 0.717) is 40.2 Å². The molecule has 242 valence electrons. The molecule has 0 fully saturated rings. The van der Waals surface area contributed by atoms with Crippen molar-refractivity contribution in [3.05, 3.63) is 88.7 Å². The number of urea groups is 1. The SMILES string of the molecule is Cn1c(-c2nc(N)ncc2C#Cc2ccc(NC(=O)Nc3ccc(C(F)(F)F)cc3)cc2)cc2c1CCN(C(=O)OC(C)(C)C)C2=O. The van der Waals surface area contributed by atoms with E-state index in [4.69, 9.17) is 10.5 Å². The van der Waals surface area contributed by atoms with Crippen molar-refractivity contribution in [2.45, 2.75) is 39.0 Å². The third-order valence-electron chi connectivity index (χ3n) is 7.02. The van der Waals surface area contributed by atoms with Crippen molar-refractivity contribution in [2.24, 2.45) is 7.05 Å². The highest BCUT2D eigenvalue weighted by molar-refractivity contribution is 6.05. The number of rotatable bonds is 3. The summed E-state index contributed by atoms with van der Waals surface area (Å²) < 4.78 is 45.5. The number of anilines is 3. The Balaban J connectivity index is 1.31. The number of alkyl halides is 3. The molecule has 4 amide bonds. The normalized spacial score (nSPS) is 12.9. The molecule has 5 rings (SSSR count). The highest BCUT2D eigenvalue weighted by Gasteiger charge is 2.35. The van der Waals surface area contributed by atoms with Gasteiger partial charge in [0.05, 0.1) is 22.4 Å². The number of hydrogen-bond acceptors (Lipinski definition) is 7. The Labute approximate surface area is 267 Å². The standard InChI is InChI=1S/C33H30F3N7O4/c1-32(2,3)47-31(46)43-16-15-25-24(28(43)44)17-26(42(25)4)27-20(18-38-29(37)41-27)8-5-19-6-11-22(12-7-19)39-30(45)40-23-13-9-21(10-14-23)33(34,35)36/h6-7,9-14,17-18H,15-16H2,1-4H3,(H2,37,38,41)(H2,39,40,45). The summed E-state index contributed by atoms with van der Waals surface area (Å²) in [6.45, 7) is 5.35. The van der Waals surface area contributed by atoms with Crippen LogP contribution in [0.1, 0.15) is 53.5 Å². The average molecular weight is 646 g/mol. The van der Waals surface area contributed by atoms with Gasteiger partial charge in [0.25, 0.3) is 5.91 Å². The van der Waals surface area contributed by atoms with Gasteiger partial charge in [-0.1, -0.05) is 11.8 Å². The van der Waals surface area contributed by atoms with Crippen molar-refractivity contribution in [1.82, 2.24) is 19.4 Å². The predicted molar refractivity (Wildman–Crippen MR) is 168 cm³/mol. The molecule has 0 saturated heterocycles. The molecular formula is C33H30F3N7O4. The van der Waals surface area contributed by atoms with Crippen LogP contribution in [0.25, 0.3) is 11.4 Å². The van der Waals surface area contributed by atoms with Gasteiger partial charge in [0.2, 0.25) is 5.95 Å². The minimum Gasteiger partial charge on any atom is -0.443 e. The molecule has 0 atom stereocenters. The molecule has 0 aliphatic carbocycles. The number of imide groups is 1. The van der Waals surface area contributed by atoms with E-state index in [0.717, 1.165) is 34.9 Å². The fourth-order valence-electron chi connectivity index (χ4n) is 4.81. The van der Waals surface area contributed by atoms with Crippen molar-refractivity contribution in [3.8, 4) is 23.2 Å². The van der Waals surface area contributed by atoms with E-state index in [9.17, 15) is 27.6 Å². The Morgan fingerprint density at radius 1 is 0.979 bits per heavy atom. The van der Waals surface area contributed by atoms with Crippen molar-refractivity contribution in [2.75, 3.05) is 22.9 Å². The smallest absolute Gasteiger partial charge is 0.417 e. The van der Waals surface area contributed by atoms with Crippen LogP contribution in [0.3, 0.4) is 0 Å². The van der Waals surface area contributed by atoms with Crippen LogP contribution < -0.4 is 16.4 Å². The maximum atomic E-state index is 13.3. The summed E-state index contributed by atoms with van der Waals surface area (Å²) in [6, 6.07) is 11.7. The quantitative estimate of drug-likeness (QED) is 0.230. The lowest BCUT2D eigenvalue weighted by Crippen LogP contribution is -2.44. The summed E-state index contributed by atoms with van der Waals surface area (Å²) in [5.41, 5.74) is 8.04. The molecule has 0 saturated carbocycles. The Hall–Kier alpha value is -5.84. The van der Waals surface area contributed by atoms with Crippen LogP contribution in [0.2, 0.25) is 0 Å². The van der Waals surface area contributed by atoms with Gasteiger partial charge in [-0.2, -0.15) is 13.2 Å². The van der Waals surface area contributed by atoms with Gasteiger partial charge in [0.15, 0.2) is 0 Å². The number of nitrogens with zero attached hydrogens (tertiary/aromatic N) is 4. The largest absolute Gasteiger partial charge is 0.443 e. The van der Waals surface area contributed by atoms with E-state index in [1.807, 2.05) is 4.57 Å². The van der Waals surface area contributed by atoms with Crippen LogP contribution in [0.15, 0.2) is 60.8 Å². The molecule has 11 nitrogen and oxygen atoms in total. The van der Waals surface area contributed by atoms with Crippen molar-refractivity contribution < 1.29 is 32.3 Å². The number of ether oxygens (including phenoxy) is 1.